The standard InChI is InChI=1S/C17H20N2O3S/c1-11(2)19(17(20)14-10-23-12(3)18-14)8-13-9-21-15-6-4-5-7-16(15)22-13/h4-7,10-11,13H,8-9H2,1-3H3/t13-/m0/s1. The van der Waals surface area contributed by atoms with Crippen LogP contribution in [0.1, 0.15) is 29.3 Å². The number of fused-ring (bicyclic) bond motifs is 1. The molecule has 23 heavy (non-hydrogen) atoms. The van der Waals surface area contributed by atoms with Gasteiger partial charge in [0.2, 0.25) is 0 Å². The van der Waals surface area contributed by atoms with Crippen LogP contribution in [-0.4, -0.2) is 41.1 Å². The van der Waals surface area contributed by atoms with E-state index in [2.05, 4.69) is 4.98 Å². The maximum atomic E-state index is 12.7. The number of nitrogens with zero attached hydrogens (tertiary/aromatic N) is 2. The van der Waals surface area contributed by atoms with Crippen molar-refractivity contribution in [2.75, 3.05) is 13.2 Å². The van der Waals surface area contributed by atoms with E-state index in [1.54, 1.807) is 10.3 Å². The van der Waals surface area contributed by atoms with Crippen LogP contribution in [0.3, 0.4) is 0 Å². The smallest absolute Gasteiger partial charge is 0.273 e. The number of thiazole rings is 1. The van der Waals surface area contributed by atoms with Crippen molar-refractivity contribution in [3.05, 3.63) is 40.3 Å². The lowest BCUT2D eigenvalue weighted by molar-refractivity contribution is 0.0389. The van der Waals surface area contributed by atoms with Gasteiger partial charge in [0.25, 0.3) is 5.91 Å². The average Bonchev–Trinajstić information content (AvgIpc) is 2.98. The van der Waals surface area contributed by atoms with Gasteiger partial charge in [0, 0.05) is 11.4 Å². The van der Waals surface area contributed by atoms with E-state index in [0.717, 1.165) is 16.5 Å². The summed E-state index contributed by atoms with van der Waals surface area (Å²) in [4.78, 5) is 18.8. The molecule has 0 saturated carbocycles. The molecule has 0 unspecified atom stereocenters. The summed E-state index contributed by atoms with van der Waals surface area (Å²) in [6.45, 7) is 6.80. The molecule has 0 bridgehead atoms. The molecule has 2 aromatic rings. The summed E-state index contributed by atoms with van der Waals surface area (Å²) in [6, 6.07) is 7.65. The third kappa shape index (κ3) is 3.47. The second kappa shape index (κ2) is 6.58. The van der Waals surface area contributed by atoms with Crippen molar-refractivity contribution < 1.29 is 14.3 Å². The molecule has 0 radical (unpaired) electrons. The highest BCUT2D eigenvalue weighted by atomic mass is 32.1. The number of hydrogen-bond donors (Lipinski definition) is 0. The average molecular weight is 332 g/mol. The molecule has 5 nitrogen and oxygen atoms in total. The molecule has 1 aliphatic heterocycles. The molecule has 122 valence electrons. The Morgan fingerprint density at radius 2 is 2.13 bits per heavy atom. The van der Waals surface area contributed by atoms with Crippen LogP contribution in [0.15, 0.2) is 29.6 Å². The molecule has 6 heteroatoms. The van der Waals surface area contributed by atoms with Crippen LogP contribution < -0.4 is 9.47 Å². The zero-order chi connectivity index (χ0) is 16.4. The Morgan fingerprint density at radius 1 is 1.39 bits per heavy atom. The van der Waals surface area contributed by atoms with Gasteiger partial charge in [0.1, 0.15) is 12.3 Å². The van der Waals surface area contributed by atoms with E-state index < -0.39 is 0 Å². The molecule has 1 amide bonds. The van der Waals surface area contributed by atoms with Gasteiger partial charge in [0.15, 0.2) is 17.6 Å². The number of amides is 1. The summed E-state index contributed by atoms with van der Waals surface area (Å²) in [5, 5.41) is 2.70. The summed E-state index contributed by atoms with van der Waals surface area (Å²) in [7, 11) is 0. The predicted octanol–water partition coefficient (Wildman–Crippen LogP) is 3.14. The molecule has 3 rings (SSSR count). The summed E-state index contributed by atoms with van der Waals surface area (Å²) in [5.74, 6) is 1.41. The number of aryl methyl sites for hydroxylation is 1. The number of carbonyl (C=O) groups excluding carboxylic acids is 1. The molecule has 1 aliphatic rings. The highest BCUT2D eigenvalue weighted by Crippen LogP contribution is 2.31. The van der Waals surface area contributed by atoms with E-state index in [1.165, 1.54) is 11.3 Å². The van der Waals surface area contributed by atoms with Gasteiger partial charge in [-0.15, -0.1) is 11.3 Å². The Morgan fingerprint density at radius 3 is 2.78 bits per heavy atom. The van der Waals surface area contributed by atoms with Crippen LogP contribution >= 0.6 is 11.3 Å². The van der Waals surface area contributed by atoms with Gasteiger partial charge in [-0.1, -0.05) is 12.1 Å². The van der Waals surface area contributed by atoms with Crippen molar-refractivity contribution in [2.45, 2.75) is 32.9 Å². The quantitative estimate of drug-likeness (QED) is 0.863. The monoisotopic (exact) mass is 332 g/mol. The van der Waals surface area contributed by atoms with Crippen LogP contribution in [0.25, 0.3) is 0 Å². The Balaban J connectivity index is 1.72. The number of para-hydroxylation sites is 2. The number of rotatable bonds is 4. The molecule has 1 aromatic heterocycles. The number of benzene rings is 1. The van der Waals surface area contributed by atoms with Crippen LogP contribution in [0, 0.1) is 6.92 Å². The Labute approximate surface area is 139 Å². The summed E-state index contributed by atoms with van der Waals surface area (Å²) in [5.41, 5.74) is 0.498. The van der Waals surface area contributed by atoms with Gasteiger partial charge in [-0.2, -0.15) is 0 Å². The second-order valence-electron chi connectivity index (χ2n) is 5.80. The van der Waals surface area contributed by atoms with E-state index in [4.69, 9.17) is 9.47 Å². The van der Waals surface area contributed by atoms with E-state index in [0.29, 0.717) is 18.8 Å². The van der Waals surface area contributed by atoms with Gasteiger partial charge in [-0.25, -0.2) is 4.98 Å². The van der Waals surface area contributed by atoms with E-state index in [9.17, 15) is 4.79 Å². The van der Waals surface area contributed by atoms with Gasteiger partial charge < -0.3 is 14.4 Å². The first kappa shape index (κ1) is 15.8. The fraction of sp³-hybridized carbons (Fsp3) is 0.412. The molecule has 0 aliphatic carbocycles. The fourth-order valence-corrected chi connectivity index (χ4v) is 3.10. The normalized spacial score (nSPS) is 16.4. The SMILES string of the molecule is Cc1nc(C(=O)N(C[C@H]2COc3ccccc3O2)C(C)C)cs1. The third-order valence-electron chi connectivity index (χ3n) is 3.69. The zero-order valence-electron chi connectivity index (χ0n) is 13.5. The Bertz CT molecular complexity index is 699. The Hall–Kier alpha value is -2.08. The highest BCUT2D eigenvalue weighted by Gasteiger charge is 2.28. The number of aromatic nitrogens is 1. The van der Waals surface area contributed by atoms with Gasteiger partial charge in [-0.05, 0) is 32.9 Å². The van der Waals surface area contributed by atoms with Gasteiger partial charge in [-0.3, -0.25) is 4.79 Å². The lowest BCUT2D eigenvalue weighted by atomic mass is 10.2. The van der Waals surface area contributed by atoms with Gasteiger partial charge >= 0.3 is 0 Å². The minimum Gasteiger partial charge on any atom is -0.486 e. The summed E-state index contributed by atoms with van der Waals surface area (Å²) < 4.78 is 11.7. The van der Waals surface area contributed by atoms with Crippen molar-refractivity contribution in [1.29, 1.82) is 0 Å². The predicted molar refractivity (Wildman–Crippen MR) is 89.4 cm³/mol. The van der Waals surface area contributed by atoms with Crippen LogP contribution in [0.4, 0.5) is 0 Å². The van der Waals surface area contributed by atoms with Crippen LogP contribution in [0.2, 0.25) is 0 Å². The molecule has 0 N–H and O–H groups in total. The highest BCUT2D eigenvalue weighted by molar-refractivity contribution is 7.09. The second-order valence-corrected chi connectivity index (χ2v) is 6.86. The minimum absolute atomic E-state index is 0.0604. The first-order chi connectivity index (χ1) is 11.0. The molecule has 0 spiro atoms. The first-order valence-electron chi connectivity index (χ1n) is 7.66. The molecule has 0 saturated heterocycles. The van der Waals surface area contributed by atoms with Crippen molar-refractivity contribution in [1.82, 2.24) is 9.88 Å². The van der Waals surface area contributed by atoms with E-state index in [1.807, 2.05) is 45.0 Å². The molecular weight excluding hydrogens is 312 g/mol. The number of carbonyl (C=O) groups is 1. The zero-order valence-corrected chi connectivity index (χ0v) is 14.3. The van der Waals surface area contributed by atoms with Crippen LogP contribution in [0.5, 0.6) is 11.5 Å². The maximum Gasteiger partial charge on any atom is 0.273 e. The summed E-state index contributed by atoms with van der Waals surface area (Å²) >= 11 is 1.48. The van der Waals surface area contributed by atoms with Gasteiger partial charge in [0.05, 0.1) is 11.6 Å². The molecule has 1 atom stereocenters. The topological polar surface area (TPSA) is 51.7 Å². The lowest BCUT2D eigenvalue weighted by Gasteiger charge is -2.33. The van der Waals surface area contributed by atoms with E-state index >= 15 is 0 Å². The number of hydrogen-bond acceptors (Lipinski definition) is 5. The fourth-order valence-electron chi connectivity index (χ4n) is 2.51. The van der Waals surface area contributed by atoms with Crippen molar-refractivity contribution in [3.63, 3.8) is 0 Å². The molecule has 0 fully saturated rings. The first-order valence-corrected chi connectivity index (χ1v) is 8.54. The van der Waals surface area contributed by atoms with E-state index in [-0.39, 0.29) is 18.1 Å². The molecule has 1 aromatic carbocycles. The third-order valence-corrected chi connectivity index (χ3v) is 4.46. The maximum absolute atomic E-state index is 12.7. The Kier molecular flexibility index (Phi) is 4.52. The van der Waals surface area contributed by atoms with Crippen molar-refractivity contribution >= 4 is 17.2 Å². The number of ether oxygens (including phenoxy) is 2. The van der Waals surface area contributed by atoms with Crippen molar-refractivity contribution in [2.24, 2.45) is 0 Å². The van der Waals surface area contributed by atoms with Crippen LogP contribution in [-0.2, 0) is 0 Å². The largest absolute Gasteiger partial charge is 0.486 e. The summed E-state index contributed by atoms with van der Waals surface area (Å²) in [6.07, 6.45) is -0.184. The molecule has 2 heterocycles. The lowest BCUT2D eigenvalue weighted by Crippen LogP contribution is -2.46. The minimum atomic E-state index is -0.184. The van der Waals surface area contributed by atoms with Crippen molar-refractivity contribution in [3.8, 4) is 11.5 Å². The molecular formula is C17H20N2O3S.